The van der Waals surface area contributed by atoms with Crippen molar-refractivity contribution in [3.8, 4) is 0 Å². The van der Waals surface area contributed by atoms with Crippen LogP contribution in [0.15, 0.2) is 0 Å². The van der Waals surface area contributed by atoms with E-state index in [1.807, 2.05) is 103 Å². The summed E-state index contributed by atoms with van der Waals surface area (Å²) >= 11 is 0. The predicted molar refractivity (Wildman–Crippen MR) is 127 cm³/mol. The summed E-state index contributed by atoms with van der Waals surface area (Å²) in [5.74, 6) is 0. The highest BCUT2D eigenvalue weighted by atomic mass is 30.2. The van der Waals surface area contributed by atoms with Crippen LogP contribution in [-0.4, -0.2) is 28.4 Å². The highest BCUT2D eigenvalue weighted by Gasteiger charge is 3.02. The highest BCUT2D eigenvalue weighted by Crippen LogP contribution is 2.93. The zero-order chi connectivity index (χ0) is 17.9. The quantitative estimate of drug-likeness (QED) is 0.344. The van der Waals surface area contributed by atoms with Crippen LogP contribution in [0, 0.1) is 0 Å². The minimum absolute atomic E-state index is 0.879. The van der Waals surface area contributed by atoms with E-state index in [-0.39, 0.29) is 0 Å². The maximum Gasteiger partial charge on any atom is 0.0448 e. The van der Waals surface area contributed by atoms with E-state index in [9.17, 15) is 0 Å². The molecule has 0 aromatic rings. The Kier molecular flexibility index (Phi) is 2.82. The van der Waals surface area contributed by atoms with Crippen molar-refractivity contribution < 1.29 is 0 Å². The Balaban J connectivity index is 1.43. The Morgan fingerprint density at radius 2 is 0.321 bits per heavy atom. The van der Waals surface area contributed by atoms with Crippen molar-refractivity contribution in [2.75, 3.05) is 0 Å². The second-order valence-corrected chi connectivity index (χ2v) is 53.0. The van der Waals surface area contributed by atoms with Gasteiger partial charge in [-0.25, -0.2) is 0 Å². The van der Waals surface area contributed by atoms with Gasteiger partial charge in [0.2, 0.25) is 0 Å². The first-order valence-corrected chi connectivity index (χ1v) is 26.5. The van der Waals surface area contributed by atoms with Crippen molar-refractivity contribution in [2.45, 2.75) is 147 Å². The van der Waals surface area contributed by atoms with Gasteiger partial charge < -0.3 is 0 Å². The van der Waals surface area contributed by atoms with E-state index in [0.29, 0.717) is 0 Å². The minimum atomic E-state index is -0.879. The predicted octanol–water partition coefficient (Wildman–Crippen LogP) is 7.42. The molecule has 8 bridgehead atoms. The molecule has 0 N–H and O–H groups in total. The Morgan fingerprint density at radius 3 is 0.429 bits per heavy atom. The molecule has 9 saturated heterocycles. The molecule has 0 radical (unpaired) electrons. The molecule has 9 fully saturated rings. The molecule has 0 nitrogen and oxygen atoms in total. The first kappa shape index (κ1) is 16.5. The lowest BCUT2D eigenvalue weighted by Crippen LogP contribution is -3.09. The van der Waals surface area contributed by atoms with Gasteiger partial charge in [0.15, 0.2) is 0 Å². The maximum absolute atomic E-state index is 1.82. The molecule has 0 aromatic carbocycles. The third-order valence-electron chi connectivity index (χ3n) is 14.8. The molecule has 28 heavy (non-hydrogen) atoms. The van der Waals surface area contributed by atoms with Crippen LogP contribution in [0.5, 0.6) is 0 Å². The summed E-state index contributed by atoms with van der Waals surface area (Å²) in [6.07, 6.45) is 29.1. The molecule has 9 aliphatic rings. The van der Waals surface area contributed by atoms with E-state index >= 15 is 0 Å². The smallest absolute Gasteiger partial charge is 0.0448 e. The van der Waals surface area contributed by atoms with E-state index in [4.69, 9.17) is 0 Å². The molecule has 0 saturated carbocycles. The Hall–Kier alpha value is 0.868. The van der Waals surface area contributed by atoms with Crippen LogP contribution >= 0.6 is 0 Å². The standard InChI is InChI=1S/C24H40Si4/c1-2-18-4-3-17(1)25(18)26(19-5-6-20(26)8-7-19)28(23-13-14-24(28)16-15-23)27(25)21-9-10-22(27)12-11-21/h17-24H,1-16H2. The lowest BCUT2D eigenvalue weighted by atomic mass is 10.0. The fourth-order valence-corrected chi connectivity index (χ4v) is 184. The maximum atomic E-state index is 1.82. The van der Waals surface area contributed by atoms with Crippen molar-refractivity contribution in [1.29, 1.82) is 0 Å². The SMILES string of the molecule is C1CC2CCC1[Si]21[Si]2(C3CCC2CC3)[Si]2(C3CCC2CC3)[Si]12C1CCC2CC1. The molecule has 9 aliphatic heterocycles. The van der Waals surface area contributed by atoms with Crippen LogP contribution in [0.2, 0.25) is 44.3 Å². The van der Waals surface area contributed by atoms with Crippen LogP contribution in [0.3, 0.4) is 0 Å². The van der Waals surface area contributed by atoms with Gasteiger partial charge in [-0.1, -0.05) is 103 Å². The van der Waals surface area contributed by atoms with E-state index in [1.165, 1.54) is 44.3 Å². The van der Waals surface area contributed by atoms with E-state index < -0.39 is 28.4 Å². The molecule has 152 valence electrons. The monoisotopic (exact) mass is 440 g/mol. The molecule has 0 aromatic heterocycles. The van der Waals surface area contributed by atoms with Crippen molar-refractivity contribution in [2.24, 2.45) is 0 Å². The van der Waals surface area contributed by atoms with Crippen LogP contribution in [-0.2, 0) is 0 Å². The lowest BCUT2D eigenvalue weighted by Gasteiger charge is -2.84. The largest absolute Gasteiger partial charge is 0.0533 e. The molecule has 4 heteroatoms. The molecule has 0 atom stereocenters. The van der Waals surface area contributed by atoms with Gasteiger partial charge >= 0.3 is 0 Å². The Labute approximate surface area is 175 Å². The van der Waals surface area contributed by atoms with Crippen molar-refractivity contribution in [1.82, 2.24) is 0 Å². The zero-order valence-electron chi connectivity index (χ0n) is 17.9. The van der Waals surface area contributed by atoms with Gasteiger partial charge in [0.1, 0.15) is 0 Å². The molecular formula is C24H40Si4. The first-order chi connectivity index (χ1) is 13.8. The van der Waals surface area contributed by atoms with Gasteiger partial charge in [-0.3, -0.25) is 0 Å². The van der Waals surface area contributed by atoms with Crippen molar-refractivity contribution >= 4 is 28.4 Å². The normalized spacial score (nSPS) is 72.0. The third-order valence-corrected chi connectivity index (χ3v) is 110. The van der Waals surface area contributed by atoms with Gasteiger partial charge in [-0.2, -0.15) is 0 Å². The summed E-state index contributed by atoms with van der Waals surface area (Å²) < 4.78 is 0. The molecule has 0 aliphatic carbocycles. The topological polar surface area (TPSA) is 0 Å². The van der Waals surface area contributed by atoms with E-state index in [0.717, 1.165) is 0 Å². The van der Waals surface area contributed by atoms with Crippen LogP contribution in [0.4, 0.5) is 0 Å². The molecule has 0 unspecified atom stereocenters. The Morgan fingerprint density at radius 1 is 0.214 bits per heavy atom. The van der Waals surface area contributed by atoms with Crippen molar-refractivity contribution in [3.05, 3.63) is 0 Å². The van der Waals surface area contributed by atoms with Gasteiger partial charge in [-0.05, 0) is 44.3 Å². The van der Waals surface area contributed by atoms with Crippen molar-refractivity contribution in [3.63, 3.8) is 0 Å². The summed E-state index contributed by atoms with van der Waals surface area (Å²) in [6, 6.07) is 0. The lowest BCUT2D eigenvalue weighted by molar-refractivity contribution is 0.565. The average molecular weight is 441 g/mol. The fourth-order valence-electron chi connectivity index (χ4n) is 16.1. The van der Waals surface area contributed by atoms with Crippen LogP contribution < -0.4 is 0 Å². The third kappa shape index (κ3) is 1.15. The first-order valence-electron chi connectivity index (χ1n) is 13.8. The van der Waals surface area contributed by atoms with Gasteiger partial charge in [0.25, 0.3) is 0 Å². The summed E-state index contributed by atoms with van der Waals surface area (Å²) in [4.78, 5) is 0. The number of rotatable bonds is 0. The van der Waals surface area contributed by atoms with Gasteiger partial charge in [-0.15, -0.1) is 0 Å². The molecule has 9 heterocycles. The summed E-state index contributed by atoms with van der Waals surface area (Å²) in [6.45, 7) is 0. The number of hydrogen-bond donors (Lipinski definition) is 0. The average Bonchev–Trinajstić information content (AvgIpc) is 3.59. The van der Waals surface area contributed by atoms with Crippen LogP contribution in [0.25, 0.3) is 0 Å². The molecular weight excluding hydrogens is 401 g/mol. The van der Waals surface area contributed by atoms with Gasteiger partial charge in [0.05, 0.1) is 0 Å². The second-order valence-electron chi connectivity index (χ2n) is 13.7. The summed E-state index contributed by atoms with van der Waals surface area (Å²) in [5.41, 5.74) is 11.9. The summed E-state index contributed by atoms with van der Waals surface area (Å²) in [5, 5.41) is 0. The minimum Gasteiger partial charge on any atom is -0.0533 e. The van der Waals surface area contributed by atoms with E-state index in [2.05, 4.69) is 0 Å². The molecule has 4 spiro atoms. The summed E-state index contributed by atoms with van der Waals surface area (Å²) in [7, 11) is -3.51. The fraction of sp³-hybridized carbons (Fsp3) is 1.00. The van der Waals surface area contributed by atoms with E-state index in [1.54, 1.807) is 0 Å². The van der Waals surface area contributed by atoms with Gasteiger partial charge in [0, 0.05) is 28.4 Å². The second kappa shape index (κ2) is 4.78. The number of hydrogen-bond acceptors (Lipinski definition) is 0. The molecule has 9 rings (SSSR count). The molecule has 0 amide bonds. The van der Waals surface area contributed by atoms with Crippen LogP contribution in [0.1, 0.15) is 103 Å². The highest BCUT2D eigenvalue weighted by molar-refractivity contribution is 8.16. The Bertz CT molecular complexity index is 553. The zero-order valence-corrected chi connectivity index (χ0v) is 21.9.